The van der Waals surface area contributed by atoms with Crippen LogP contribution in [0.1, 0.15) is 39.2 Å². The van der Waals surface area contributed by atoms with Gasteiger partial charge in [0.2, 0.25) is 0 Å². The lowest BCUT2D eigenvalue weighted by atomic mass is 9.98. The van der Waals surface area contributed by atoms with E-state index >= 15 is 0 Å². The molecule has 0 radical (unpaired) electrons. The van der Waals surface area contributed by atoms with Gasteiger partial charge in [-0.2, -0.15) is 0 Å². The molecule has 3 N–H and O–H groups in total. The second kappa shape index (κ2) is 12.4. The number of amides is 1. The van der Waals surface area contributed by atoms with Gasteiger partial charge < -0.3 is 45.5 Å². The van der Waals surface area contributed by atoms with Crippen molar-refractivity contribution in [2.24, 2.45) is 5.92 Å². The quantitative estimate of drug-likeness (QED) is 0.435. The zero-order chi connectivity index (χ0) is 17.4. The van der Waals surface area contributed by atoms with Gasteiger partial charge in [0.15, 0.2) is 6.61 Å². The molecule has 1 aliphatic heterocycles. The fraction of sp³-hybridized carbons (Fsp3) is 0.632. The maximum atomic E-state index is 11.7. The third-order valence-corrected chi connectivity index (χ3v) is 4.03. The summed E-state index contributed by atoms with van der Waals surface area (Å²) in [4.78, 5) is 11.7. The highest BCUT2D eigenvalue weighted by atomic mass is 35.5. The molecule has 2 rings (SSSR count). The van der Waals surface area contributed by atoms with Crippen molar-refractivity contribution in [2.75, 3.05) is 26.2 Å². The number of hydrogen-bond donors (Lipinski definition) is 3. The van der Waals surface area contributed by atoms with Crippen LogP contribution in [0.4, 0.5) is 0 Å². The summed E-state index contributed by atoms with van der Waals surface area (Å²) in [5.74, 6) is 1.41. The molecular formula is C19H31Cl2N3O2-2. The highest BCUT2D eigenvalue weighted by Gasteiger charge is 2.14. The van der Waals surface area contributed by atoms with Crippen molar-refractivity contribution < 1.29 is 34.3 Å². The number of hydrogen-bond acceptors (Lipinski definition) is 4. The number of carbonyl (C=O) groups excluding carboxylic acids is 1. The molecule has 0 unspecified atom stereocenters. The number of nitrogens with one attached hydrogen (secondary N) is 3. The molecule has 1 aromatic carbocycles. The number of halogens is 2. The zero-order valence-electron chi connectivity index (χ0n) is 15.9. The standard InChI is InChI=1S/C19H31N3O2.2ClH/c1-19(2,3)22-18(23)14-24-17-6-4-15(5-7-17)12-21-13-16-8-10-20-11-9-16;;/h4-7,16,20-21H,8-14H2,1-3H3,(H,22,23);2*1H/p-2. The van der Waals surface area contributed by atoms with Crippen LogP contribution in [0.2, 0.25) is 0 Å². The maximum absolute atomic E-state index is 11.7. The van der Waals surface area contributed by atoms with Crippen molar-refractivity contribution in [1.29, 1.82) is 0 Å². The molecule has 5 nitrogen and oxygen atoms in total. The summed E-state index contributed by atoms with van der Waals surface area (Å²) >= 11 is 0. The molecular weight excluding hydrogens is 373 g/mol. The number of benzene rings is 1. The molecule has 1 heterocycles. The summed E-state index contributed by atoms with van der Waals surface area (Å²) < 4.78 is 5.53. The lowest BCUT2D eigenvalue weighted by Gasteiger charge is -2.22. The summed E-state index contributed by atoms with van der Waals surface area (Å²) in [7, 11) is 0. The first-order chi connectivity index (χ1) is 11.4. The minimum atomic E-state index is -0.232. The molecule has 26 heavy (non-hydrogen) atoms. The SMILES string of the molecule is CC(C)(C)NC(=O)COc1ccc(CNCC2CCNCC2)cc1.[Cl-].[Cl-]. The first-order valence-electron chi connectivity index (χ1n) is 8.86. The molecule has 150 valence electrons. The van der Waals surface area contributed by atoms with E-state index in [-0.39, 0.29) is 42.9 Å². The highest BCUT2D eigenvalue weighted by Crippen LogP contribution is 2.13. The van der Waals surface area contributed by atoms with Crippen LogP contribution in [0.25, 0.3) is 0 Å². The molecule has 1 amide bonds. The minimum absolute atomic E-state index is 0. The van der Waals surface area contributed by atoms with Crippen LogP contribution in [-0.4, -0.2) is 37.7 Å². The van der Waals surface area contributed by atoms with Crippen molar-refractivity contribution in [1.82, 2.24) is 16.0 Å². The van der Waals surface area contributed by atoms with Crippen LogP contribution in [0.15, 0.2) is 24.3 Å². The lowest BCUT2D eigenvalue weighted by Crippen LogP contribution is -3.00. The van der Waals surface area contributed by atoms with E-state index in [2.05, 4.69) is 16.0 Å². The summed E-state index contributed by atoms with van der Waals surface area (Å²) in [6.07, 6.45) is 2.52. The van der Waals surface area contributed by atoms with Crippen LogP contribution in [0.5, 0.6) is 5.75 Å². The average molecular weight is 404 g/mol. The van der Waals surface area contributed by atoms with Gasteiger partial charge in [0.1, 0.15) is 5.75 Å². The van der Waals surface area contributed by atoms with Crippen molar-refractivity contribution in [2.45, 2.75) is 45.7 Å². The van der Waals surface area contributed by atoms with Crippen molar-refractivity contribution in [3.05, 3.63) is 29.8 Å². The van der Waals surface area contributed by atoms with E-state index in [4.69, 9.17) is 4.74 Å². The normalized spacial score (nSPS) is 14.7. The summed E-state index contributed by atoms with van der Waals surface area (Å²) in [6.45, 7) is 10.1. The molecule has 1 saturated heterocycles. The van der Waals surface area contributed by atoms with Gasteiger partial charge in [0.25, 0.3) is 5.91 Å². The van der Waals surface area contributed by atoms with Crippen LogP contribution < -0.4 is 45.5 Å². The number of piperidine rings is 1. The Labute approximate surface area is 169 Å². The third-order valence-electron chi connectivity index (χ3n) is 4.03. The Kier molecular flexibility index (Phi) is 11.9. The second-order valence-electron chi connectivity index (χ2n) is 7.56. The van der Waals surface area contributed by atoms with Crippen molar-refractivity contribution in [3.8, 4) is 5.75 Å². The van der Waals surface area contributed by atoms with Crippen molar-refractivity contribution >= 4 is 5.91 Å². The number of ether oxygens (including phenoxy) is 1. The van der Waals surface area contributed by atoms with Crippen LogP contribution in [0, 0.1) is 5.92 Å². The summed E-state index contributed by atoms with van der Waals surface area (Å²) in [5.41, 5.74) is 1.00. The second-order valence-corrected chi connectivity index (χ2v) is 7.56. The molecule has 0 atom stereocenters. The molecule has 0 aromatic heterocycles. The van der Waals surface area contributed by atoms with Gasteiger partial charge in [-0.05, 0) is 76.9 Å². The Hall–Kier alpha value is -1.01. The molecule has 1 aliphatic rings. The Morgan fingerprint density at radius 3 is 2.35 bits per heavy atom. The zero-order valence-corrected chi connectivity index (χ0v) is 17.4. The van der Waals surface area contributed by atoms with E-state index in [0.717, 1.165) is 37.8 Å². The lowest BCUT2D eigenvalue weighted by molar-refractivity contribution is -0.124. The number of rotatable bonds is 7. The van der Waals surface area contributed by atoms with Gasteiger partial charge in [0.05, 0.1) is 0 Å². The summed E-state index contributed by atoms with van der Waals surface area (Å²) in [6, 6.07) is 7.94. The smallest absolute Gasteiger partial charge is 0.258 e. The van der Waals surface area contributed by atoms with Gasteiger partial charge in [-0.15, -0.1) is 0 Å². The molecule has 0 bridgehead atoms. The fourth-order valence-electron chi connectivity index (χ4n) is 2.81. The van der Waals surface area contributed by atoms with Crippen molar-refractivity contribution in [3.63, 3.8) is 0 Å². The van der Waals surface area contributed by atoms with Gasteiger partial charge in [-0.25, -0.2) is 0 Å². The Bertz CT molecular complexity index is 513. The third kappa shape index (κ3) is 10.2. The highest BCUT2D eigenvalue weighted by molar-refractivity contribution is 5.78. The molecule has 0 aliphatic carbocycles. The fourth-order valence-corrected chi connectivity index (χ4v) is 2.81. The number of carbonyl (C=O) groups is 1. The van der Waals surface area contributed by atoms with E-state index < -0.39 is 0 Å². The van der Waals surface area contributed by atoms with Crippen LogP contribution in [-0.2, 0) is 11.3 Å². The Morgan fingerprint density at radius 2 is 1.77 bits per heavy atom. The molecule has 0 saturated carbocycles. The van der Waals surface area contributed by atoms with Gasteiger partial charge in [-0.3, -0.25) is 4.79 Å². The molecule has 1 aromatic rings. The van der Waals surface area contributed by atoms with E-state index in [9.17, 15) is 4.79 Å². The van der Waals surface area contributed by atoms with E-state index in [1.165, 1.54) is 18.4 Å². The van der Waals surface area contributed by atoms with E-state index in [1.54, 1.807) is 0 Å². The minimum Gasteiger partial charge on any atom is -1.00 e. The van der Waals surface area contributed by atoms with Gasteiger partial charge in [-0.1, -0.05) is 12.1 Å². The monoisotopic (exact) mass is 403 g/mol. The van der Waals surface area contributed by atoms with Gasteiger partial charge in [0, 0.05) is 12.1 Å². The predicted octanol–water partition coefficient (Wildman–Crippen LogP) is -3.92. The average Bonchev–Trinajstić information content (AvgIpc) is 2.53. The Morgan fingerprint density at radius 1 is 1.15 bits per heavy atom. The molecule has 1 fully saturated rings. The molecule has 0 spiro atoms. The maximum Gasteiger partial charge on any atom is 0.258 e. The van der Waals surface area contributed by atoms with Gasteiger partial charge >= 0.3 is 0 Å². The predicted molar refractivity (Wildman–Crippen MR) is 97.1 cm³/mol. The summed E-state index contributed by atoms with van der Waals surface area (Å²) in [5, 5.41) is 9.81. The first kappa shape index (κ1) is 25.0. The van der Waals surface area contributed by atoms with E-state index in [0.29, 0.717) is 0 Å². The van der Waals surface area contributed by atoms with Crippen LogP contribution in [0.3, 0.4) is 0 Å². The van der Waals surface area contributed by atoms with Crippen LogP contribution >= 0.6 is 0 Å². The Balaban J connectivity index is 0.00000312. The topological polar surface area (TPSA) is 62.4 Å². The van der Waals surface area contributed by atoms with E-state index in [1.807, 2.05) is 45.0 Å². The largest absolute Gasteiger partial charge is 1.00 e. The molecule has 7 heteroatoms. The first-order valence-corrected chi connectivity index (χ1v) is 8.86.